The van der Waals surface area contributed by atoms with Crippen LogP contribution in [0.15, 0.2) is 72.9 Å². The highest BCUT2D eigenvalue weighted by Gasteiger charge is 2.30. The number of para-hydroxylation sites is 2. The fraction of sp³-hybridized carbons (Fsp3) is 0.323. The molecule has 3 aromatic carbocycles. The number of amides is 1. The second-order valence-corrected chi connectivity index (χ2v) is 12.4. The zero-order chi connectivity index (χ0) is 29.1. The first-order valence-corrected chi connectivity index (χ1v) is 15.3. The van der Waals surface area contributed by atoms with Crippen molar-refractivity contribution < 1.29 is 23.1 Å². The van der Waals surface area contributed by atoms with E-state index >= 15 is 0 Å². The third kappa shape index (κ3) is 5.89. The predicted molar refractivity (Wildman–Crippen MR) is 162 cm³/mol. The molecule has 2 atom stereocenters. The van der Waals surface area contributed by atoms with E-state index in [-0.39, 0.29) is 18.2 Å². The number of hydrogen-bond acceptors (Lipinski definition) is 6. The molecule has 1 amide bonds. The van der Waals surface area contributed by atoms with Gasteiger partial charge in [0.05, 0.1) is 41.9 Å². The minimum atomic E-state index is -3.53. The van der Waals surface area contributed by atoms with Crippen LogP contribution >= 0.6 is 0 Å². The van der Waals surface area contributed by atoms with E-state index in [0.29, 0.717) is 36.4 Å². The first-order chi connectivity index (χ1) is 19.7. The van der Waals surface area contributed by atoms with Crippen LogP contribution in [0.2, 0.25) is 0 Å². The number of nitrogens with zero attached hydrogens (tertiary/aromatic N) is 2. The van der Waals surface area contributed by atoms with Gasteiger partial charge in [0.15, 0.2) is 0 Å². The van der Waals surface area contributed by atoms with Crippen LogP contribution in [0.3, 0.4) is 0 Å². The molecule has 0 spiro atoms. The summed E-state index contributed by atoms with van der Waals surface area (Å²) in [6.07, 6.45) is 1.86. The normalized spacial score (nSPS) is 15.7. The lowest BCUT2D eigenvalue weighted by atomic mass is 9.99. The van der Waals surface area contributed by atoms with Gasteiger partial charge in [-0.2, -0.15) is 0 Å². The summed E-state index contributed by atoms with van der Waals surface area (Å²) in [4.78, 5) is 13.8. The Kier molecular flexibility index (Phi) is 8.23. The van der Waals surface area contributed by atoms with Gasteiger partial charge in [0.1, 0.15) is 5.75 Å². The van der Waals surface area contributed by atoms with Gasteiger partial charge in [-0.25, -0.2) is 8.42 Å². The summed E-state index contributed by atoms with van der Waals surface area (Å²) in [5.41, 5.74) is 4.29. The zero-order valence-corrected chi connectivity index (χ0v) is 24.3. The number of sulfonamides is 1. The molecule has 3 N–H and O–H groups in total. The van der Waals surface area contributed by atoms with Gasteiger partial charge in [0, 0.05) is 37.3 Å². The molecular formula is C31H36N4O5S. The van der Waals surface area contributed by atoms with Crippen LogP contribution in [0.25, 0.3) is 10.9 Å². The number of rotatable bonds is 10. The molecule has 4 aromatic rings. The summed E-state index contributed by atoms with van der Waals surface area (Å²) in [7, 11) is -0.404. The number of ether oxygens (including phenoxy) is 1. The van der Waals surface area contributed by atoms with Gasteiger partial charge >= 0.3 is 0 Å². The number of aryl methyl sites for hydroxylation is 2. The summed E-state index contributed by atoms with van der Waals surface area (Å²) >= 11 is 0. The van der Waals surface area contributed by atoms with Crippen LogP contribution in [0, 0.1) is 0 Å². The summed E-state index contributed by atoms with van der Waals surface area (Å²) in [5.74, 6) is 0.271. The first-order valence-electron chi connectivity index (χ1n) is 13.7. The van der Waals surface area contributed by atoms with Gasteiger partial charge in [-0.3, -0.25) is 9.10 Å². The van der Waals surface area contributed by atoms with Crippen molar-refractivity contribution in [1.82, 2.24) is 9.88 Å². The van der Waals surface area contributed by atoms with Crippen LogP contribution in [0.4, 0.5) is 11.4 Å². The van der Waals surface area contributed by atoms with Gasteiger partial charge in [0.2, 0.25) is 10.0 Å². The monoisotopic (exact) mass is 576 g/mol. The Morgan fingerprint density at radius 3 is 2.56 bits per heavy atom. The number of carbonyl (C=O) groups is 1. The molecule has 0 aliphatic carbocycles. The molecule has 0 saturated heterocycles. The summed E-state index contributed by atoms with van der Waals surface area (Å²) in [6.45, 7) is 2.87. The van der Waals surface area contributed by atoms with Gasteiger partial charge in [0.25, 0.3) is 5.91 Å². The van der Waals surface area contributed by atoms with Gasteiger partial charge in [-0.1, -0.05) is 42.5 Å². The maximum absolute atomic E-state index is 13.8. The number of methoxy groups -OCH3 is 1. The SMILES string of the molecule is CCn1cc2c3c(cc(C(=O)N[C@@H](Cc4ccccc4)[C@H](O)CNc4ccccc4OC)cc31)N(C)S(=O)(=O)CC2. The third-order valence-corrected chi connectivity index (χ3v) is 9.47. The molecule has 41 heavy (non-hydrogen) atoms. The van der Waals surface area contributed by atoms with Crippen LogP contribution in [0.1, 0.15) is 28.4 Å². The van der Waals surface area contributed by atoms with Crippen LogP contribution in [0.5, 0.6) is 5.75 Å². The van der Waals surface area contributed by atoms with Crippen molar-refractivity contribution in [2.45, 2.75) is 38.5 Å². The number of anilines is 2. The number of aliphatic hydroxyl groups excluding tert-OH is 1. The molecule has 216 valence electrons. The van der Waals surface area contributed by atoms with E-state index in [0.717, 1.165) is 27.7 Å². The molecule has 2 heterocycles. The average molecular weight is 577 g/mol. The Morgan fingerprint density at radius 2 is 1.83 bits per heavy atom. The number of nitrogens with one attached hydrogen (secondary N) is 2. The zero-order valence-electron chi connectivity index (χ0n) is 23.5. The van der Waals surface area contributed by atoms with E-state index in [1.54, 1.807) is 13.2 Å². The van der Waals surface area contributed by atoms with E-state index in [2.05, 4.69) is 10.6 Å². The van der Waals surface area contributed by atoms with E-state index in [1.807, 2.05) is 78.4 Å². The Morgan fingerprint density at radius 1 is 1.10 bits per heavy atom. The lowest BCUT2D eigenvalue weighted by Crippen LogP contribution is -2.47. The number of aromatic nitrogens is 1. The smallest absolute Gasteiger partial charge is 0.251 e. The van der Waals surface area contributed by atoms with Crippen molar-refractivity contribution in [3.8, 4) is 5.75 Å². The fourth-order valence-electron chi connectivity index (χ4n) is 5.40. The lowest BCUT2D eigenvalue weighted by Gasteiger charge is -2.26. The van der Waals surface area contributed by atoms with Crippen LogP contribution in [-0.2, 0) is 29.4 Å². The highest BCUT2D eigenvalue weighted by molar-refractivity contribution is 7.92. The molecule has 10 heteroatoms. The quantitative estimate of drug-likeness (QED) is 0.265. The molecule has 9 nitrogen and oxygen atoms in total. The molecule has 1 aliphatic rings. The fourth-order valence-corrected chi connectivity index (χ4v) is 6.59. The summed E-state index contributed by atoms with van der Waals surface area (Å²) < 4.78 is 34.6. The largest absolute Gasteiger partial charge is 0.495 e. The van der Waals surface area contributed by atoms with Gasteiger partial charge in [-0.15, -0.1) is 0 Å². The molecule has 0 bridgehead atoms. The minimum absolute atomic E-state index is 0.00702. The van der Waals surface area contributed by atoms with E-state index < -0.39 is 22.2 Å². The summed E-state index contributed by atoms with van der Waals surface area (Å²) in [5, 5.41) is 18.4. The summed E-state index contributed by atoms with van der Waals surface area (Å²) in [6, 6.07) is 19.9. The Bertz CT molecular complexity index is 1650. The lowest BCUT2D eigenvalue weighted by molar-refractivity contribution is 0.0851. The Balaban J connectivity index is 1.46. The molecule has 0 unspecified atom stereocenters. The second-order valence-electron chi connectivity index (χ2n) is 10.3. The highest BCUT2D eigenvalue weighted by Crippen LogP contribution is 2.37. The molecule has 1 aromatic heterocycles. The van der Waals surface area contributed by atoms with Crippen LogP contribution < -0.4 is 19.7 Å². The minimum Gasteiger partial charge on any atom is -0.495 e. The van der Waals surface area contributed by atoms with Crippen LogP contribution in [-0.4, -0.2) is 62.6 Å². The number of carbonyl (C=O) groups excluding carboxylic acids is 1. The molecule has 5 rings (SSSR count). The maximum Gasteiger partial charge on any atom is 0.251 e. The van der Waals surface area contributed by atoms with Crippen molar-refractivity contribution in [3.63, 3.8) is 0 Å². The van der Waals surface area contributed by atoms with Crippen molar-refractivity contribution in [3.05, 3.63) is 89.6 Å². The van der Waals surface area contributed by atoms with E-state index in [4.69, 9.17) is 4.74 Å². The standard InChI is InChI=1S/C31H36N4O5S/c1-4-35-20-22-14-15-41(38,39)34(2)26-17-23(18-27(35)30(22)26)31(37)33-25(16-21-10-6-5-7-11-21)28(36)19-32-24-12-8-9-13-29(24)40-3/h5-13,17-18,20,25,28,32,36H,4,14-16,19H2,1-3H3,(H,33,37)/t25-,28+/m0/s1. The van der Waals surface area contributed by atoms with Crippen molar-refractivity contribution in [1.29, 1.82) is 0 Å². The number of hydrogen-bond donors (Lipinski definition) is 3. The van der Waals surface area contributed by atoms with Gasteiger partial charge < -0.3 is 25.0 Å². The van der Waals surface area contributed by atoms with Crippen molar-refractivity contribution in [2.75, 3.05) is 36.1 Å². The first kappa shape index (κ1) is 28.5. The predicted octanol–water partition coefficient (Wildman–Crippen LogP) is 3.81. The molecular weight excluding hydrogens is 540 g/mol. The third-order valence-electron chi connectivity index (χ3n) is 7.72. The number of benzene rings is 3. The number of aliphatic hydroxyl groups is 1. The van der Waals surface area contributed by atoms with Crippen molar-refractivity contribution >= 4 is 38.2 Å². The van der Waals surface area contributed by atoms with Crippen molar-refractivity contribution in [2.24, 2.45) is 0 Å². The molecule has 0 radical (unpaired) electrons. The van der Waals surface area contributed by atoms with E-state index in [9.17, 15) is 18.3 Å². The van der Waals surface area contributed by atoms with E-state index in [1.165, 1.54) is 11.4 Å². The molecule has 1 aliphatic heterocycles. The Labute approximate surface area is 240 Å². The molecule has 0 saturated carbocycles. The van der Waals surface area contributed by atoms with Gasteiger partial charge in [-0.05, 0) is 55.2 Å². The average Bonchev–Trinajstić information content (AvgIpc) is 3.31. The maximum atomic E-state index is 13.8. The Hall–Kier alpha value is -4.02. The second kappa shape index (κ2) is 11.8. The molecule has 0 fully saturated rings. The highest BCUT2D eigenvalue weighted by atomic mass is 32.2. The topological polar surface area (TPSA) is 113 Å².